The third-order valence-corrected chi connectivity index (χ3v) is 4.81. The highest BCUT2D eigenvalue weighted by Crippen LogP contribution is 2.39. The Morgan fingerprint density at radius 3 is 2.63 bits per heavy atom. The van der Waals surface area contributed by atoms with E-state index < -0.39 is 12.1 Å². The summed E-state index contributed by atoms with van der Waals surface area (Å²) in [4.78, 5) is 24.8. The molecular formula is C22H20O5. The van der Waals surface area contributed by atoms with Crippen molar-refractivity contribution in [3.8, 4) is 11.5 Å². The molecule has 1 fully saturated rings. The predicted molar refractivity (Wildman–Crippen MR) is 99.9 cm³/mol. The van der Waals surface area contributed by atoms with Crippen LogP contribution >= 0.6 is 0 Å². The lowest BCUT2D eigenvalue weighted by molar-refractivity contribution is -0.144. The second kappa shape index (κ2) is 7.00. The second-order valence-corrected chi connectivity index (χ2v) is 6.84. The normalized spacial score (nSPS) is 19.9. The first-order chi connectivity index (χ1) is 13.0. The van der Waals surface area contributed by atoms with Crippen molar-refractivity contribution in [1.29, 1.82) is 0 Å². The fourth-order valence-electron chi connectivity index (χ4n) is 3.23. The van der Waals surface area contributed by atoms with Crippen LogP contribution in [0, 0.1) is 13.8 Å². The number of allylic oxidation sites excluding steroid dienone is 1. The highest BCUT2D eigenvalue weighted by molar-refractivity contribution is 6.15. The van der Waals surface area contributed by atoms with E-state index in [1.54, 1.807) is 25.1 Å². The first-order valence-electron chi connectivity index (χ1n) is 9.01. The molecule has 1 unspecified atom stereocenters. The van der Waals surface area contributed by atoms with E-state index in [-0.39, 0.29) is 11.5 Å². The Balaban J connectivity index is 1.58. The van der Waals surface area contributed by atoms with Crippen LogP contribution in [0.25, 0.3) is 6.08 Å². The summed E-state index contributed by atoms with van der Waals surface area (Å²) in [5.74, 6) is 0.509. The van der Waals surface area contributed by atoms with Gasteiger partial charge in [-0.3, -0.25) is 4.79 Å². The van der Waals surface area contributed by atoms with Crippen LogP contribution in [-0.4, -0.2) is 24.5 Å². The van der Waals surface area contributed by atoms with E-state index >= 15 is 0 Å². The van der Waals surface area contributed by atoms with Crippen molar-refractivity contribution >= 4 is 17.8 Å². The van der Waals surface area contributed by atoms with E-state index in [9.17, 15) is 9.59 Å². The Kier molecular flexibility index (Phi) is 4.54. The topological polar surface area (TPSA) is 61.8 Å². The van der Waals surface area contributed by atoms with E-state index in [4.69, 9.17) is 14.2 Å². The third-order valence-electron chi connectivity index (χ3n) is 4.81. The molecule has 0 N–H and O–H groups in total. The van der Waals surface area contributed by atoms with Gasteiger partial charge in [-0.15, -0.1) is 0 Å². The van der Waals surface area contributed by atoms with Gasteiger partial charge in [-0.05, 0) is 50.5 Å². The summed E-state index contributed by atoms with van der Waals surface area (Å²) in [5, 5.41) is 0. The molecule has 0 aromatic heterocycles. The molecule has 0 radical (unpaired) electrons. The van der Waals surface area contributed by atoms with Gasteiger partial charge in [0.25, 0.3) is 0 Å². The lowest BCUT2D eigenvalue weighted by Gasteiger charge is -2.12. The van der Waals surface area contributed by atoms with Crippen molar-refractivity contribution in [2.75, 3.05) is 6.61 Å². The average molecular weight is 364 g/mol. The SMILES string of the molecule is Cc1ccc(/C=C2\Oc3c(ccc(OC(=O)C4CCCO4)c3C)C2=O)cc1. The van der Waals surface area contributed by atoms with Crippen molar-refractivity contribution in [2.45, 2.75) is 32.8 Å². The number of ketones is 1. The lowest BCUT2D eigenvalue weighted by Crippen LogP contribution is -2.25. The molecule has 2 aliphatic heterocycles. The number of aryl methyl sites for hydroxylation is 1. The summed E-state index contributed by atoms with van der Waals surface area (Å²) in [6.07, 6.45) is 2.73. The van der Waals surface area contributed by atoms with Gasteiger partial charge in [-0.1, -0.05) is 29.8 Å². The minimum absolute atomic E-state index is 0.175. The van der Waals surface area contributed by atoms with Crippen LogP contribution in [0.1, 0.15) is 39.9 Å². The minimum Gasteiger partial charge on any atom is -0.452 e. The Hall–Kier alpha value is -2.92. The van der Waals surface area contributed by atoms with Crippen LogP contribution < -0.4 is 9.47 Å². The van der Waals surface area contributed by atoms with Gasteiger partial charge in [-0.2, -0.15) is 0 Å². The summed E-state index contributed by atoms with van der Waals surface area (Å²) in [5.41, 5.74) is 3.13. The standard InChI is InChI=1S/C22H20O5/c1-13-5-7-15(8-6-13)12-19-20(23)16-9-10-17(14(2)21(16)26-19)27-22(24)18-4-3-11-25-18/h5-10,12,18H,3-4,11H2,1-2H3/b19-12-. The Morgan fingerprint density at radius 1 is 1.15 bits per heavy atom. The zero-order valence-electron chi connectivity index (χ0n) is 15.3. The first-order valence-corrected chi connectivity index (χ1v) is 9.01. The van der Waals surface area contributed by atoms with Crippen molar-refractivity contribution in [3.05, 3.63) is 64.4 Å². The van der Waals surface area contributed by atoms with Crippen molar-refractivity contribution < 1.29 is 23.8 Å². The maximum atomic E-state index is 12.6. The number of fused-ring (bicyclic) bond motifs is 1. The van der Waals surface area contributed by atoms with Gasteiger partial charge in [-0.25, -0.2) is 4.79 Å². The zero-order valence-corrected chi connectivity index (χ0v) is 15.3. The molecule has 27 heavy (non-hydrogen) atoms. The van der Waals surface area contributed by atoms with Crippen LogP contribution in [0.2, 0.25) is 0 Å². The molecule has 138 valence electrons. The van der Waals surface area contributed by atoms with Crippen molar-refractivity contribution in [1.82, 2.24) is 0 Å². The van der Waals surface area contributed by atoms with E-state index in [1.807, 2.05) is 31.2 Å². The molecule has 0 amide bonds. The Morgan fingerprint density at radius 2 is 1.93 bits per heavy atom. The largest absolute Gasteiger partial charge is 0.452 e. The van der Waals surface area contributed by atoms with E-state index in [2.05, 4.69) is 0 Å². The maximum Gasteiger partial charge on any atom is 0.340 e. The molecule has 0 spiro atoms. The minimum atomic E-state index is -0.516. The third kappa shape index (κ3) is 3.38. The highest BCUT2D eigenvalue weighted by atomic mass is 16.6. The number of hydrogen-bond acceptors (Lipinski definition) is 5. The summed E-state index contributed by atoms with van der Waals surface area (Å²) >= 11 is 0. The van der Waals surface area contributed by atoms with Crippen LogP contribution in [0.4, 0.5) is 0 Å². The molecule has 2 aromatic carbocycles. The molecule has 1 saturated heterocycles. The molecule has 0 saturated carbocycles. The fourth-order valence-corrected chi connectivity index (χ4v) is 3.23. The number of carbonyl (C=O) groups excluding carboxylic acids is 2. The number of benzene rings is 2. The molecule has 5 nitrogen and oxygen atoms in total. The second-order valence-electron chi connectivity index (χ2n) is 6.84. The van der Waals surface area contributed by atoms with Gasteiger partial charge in [0.2, 0.25) is 5.78 Å². The van der Waals surface area contributed by atoms with Gasteiger partial charge in [0, 0.05) is 12.2 Å². The molecule has 2 aliphatic rings. The zero-order chi connectivity index (χ0) is 19.0. The van der Waals surface area contributed by atoms with Crippen molar-refractivity contribution in [3.63, 3.8) is 0 Å². The van der Waals surface area contributed by atoms with Gasteiger partial charge in [0.1, 0.15) is 11.5 Å². The number of rotatable bonds is 3. The molecule has 4 rings (SSSR count). The molecule has 0 bridgehead atoms. The summed E-state index contributed by atoms with van der Waals surface area (Å²) < 4.78 is 16.7. The Bertz CT molecular complexity index is 934. The summed E-state index contributed by atoms with van der Waals surface area (Å²) in [6.45, 7) is 4.36. The van der Waals surface area contributed by atoms with Crippen LogP contribution in [-0.2, 0) is 9.53 Å². The lowest BCUT2D eigenvalue weighted by atomic mass is 10.1. The van der Waals surface area contributed by atoms with E-state index in [0.717, 1.165) is 17.5 Å². The number of Topliss-reactive ketones (excluding diaryl/α,β-unsaturated/α-hetero) is 1. The van der Waals surface area contributed by atoms with E-state index in [0.29, 0.717) is 35.7 Å². The quantitative estimate of drug-likeness (QED) is 0.468. The molecule has 2 heterocycles. The smallest absolute Gasteiger partial charge is 0.340 e. The number of ether oxygens (including phenoxy) is 3. The van der Waals surface area contributed by atoms with Gasteiger partial charge in [0.05, 0.1) is 5.56 Å². The number of hydrogen-bond donors (Lipinski definition) is 0. The van der Waals surface area contributed by atoms with E-state index in [1.165, 1.54) is 0 Å². The van der Waals surface area contributed by atoms with Gasteiger partial charge in [0.15, 0.2) is 11.9 Å². The van der Waals surface area contributed by atoms with Gasteiger partial charge >= 0.3 is 5.97 Å². The van der Waals surface area contributed by atoms with Crippen LogP contribution in [0.5, 0.6) is 11.5 Å². The Labute approximate surface area is 157 Å². The van der Waals surface area contributed by atoms with Crippen LogP contribution in [0.3, 0.4) is 0 Å². The first kappa shape index (κ1) is 17.5. The number of carbonyl (C=O) groups is 2. The highest BCUT2D eigenvalue weighted by Gasteiger charge is 2.32. The molecule has 2 aromatic rings. The predicted octanol–water partition coefficient (Wildman–Crippen LogP) is 4.00. The average Bonchev–Trinajstić information content (AvgIpc) is 3.29. The van der Waals surface area contributed by atoms with Crippen LogP contribution in [0.15, 0.2) is 42.2 Å². The molecular weight excluding hydrogens is 344 g/mol. The fraction of sp³-hybridized carbons (Fsp3) is 0.273. The molecule has 1 atom stereocenters. The monoisotopic (exact) mass is 364 g/mol. The maximum absolute atomic E-state index is 12.6. The van der Waals surface area contributed by atoms with Gasteiger partial charge < -0.3 is 14.2 Å². The summed E-state index contributed by atoms with van der Waals surface area (Å²) in [7, 11) is 0. The molecule has 0 aliphatic carbocycles. The summed E-state index contributed by atoms with van der Waals surface area (Å²) in [6, 6.07) is 11.1. The number of esters is 1. The van der Waals surface area contributed by atoms with Crippen molar-refractivity contribution in [2.24, 2.45) is 0 Å². The molecule has 5 heteroatoms.